The van der Waals surface area contributed by atoms with Crippen molar-refractivity contribution in [2.75, 3.05) is 14.1 Å². The third-order valence-electron chi connectivity index (χ3n) is 3.56. The number of carbonyl (C=O) groups is 2. The van der Waals surface area contributed by atoms with Crippen LogP contribution in [0.25, 0.3) is 0 Å². The van der Waals surface area contributed by atoms with E-state index in [1.165, 1.54) is 19.1 Å². The van der Waals surface area contributed by atoms with Gasteiger partial charge in [-0.3, -0.25) is 19.5 Å². The van der Waals surface area contributed by atoms with E-state index in [1.54, 1.807) is 12.1 Å². The third-order valence-corrected chi connectivity index (χ3v) is 3.56. The van der Waals surface area contributed by atoms with Gasteiger partial charge in [-0.25, -0.2) is 0 Å². The molecule has 1 aliphatic rings. The number of hydrogen-bond donors (Lipinski definition) is 0. The van der Waals surface area contributed by atoms with Gasteiger partial charge in [0.2, 0.25) is 5.84 Å². The molecule has 0 aromatic heterocycles. The average Bonchev–Trinajstić information content (AvgIpc) is 2.70. The topological polar surface area (TPSA) is 53.0 Å². The Bertz CT molecular complexity index is 620. The lowest BCUT2D eigenvalue weighted by atomic mass is 10.1. The van der Waals surface area contributed by atoms with Crippen LogP contribution in [0.15, 0.2) is 29.3 Å². The van der Waals surface area contributed by atoms with Gasteiger partial charge in [-0.1, -0.05) is 12.1 Å². The summed E-state index contributed by atoms with van der Waals surface area (Å²) in [7, 11) is 2.15. The standard InChI is InChI=1S/C14H14F3N3O2/c1-8(19(3)13(18-2)14(15,16)17)20-11(21)9-6-4-5-7-10(9)12(20)22/h4-8H,1-3H3/b18-13-. The van der Waals surface area contributed by atoms with Crippen molar-refractivity contribution in [2.45, 2.75) is 19.3 Å². The summed E-state index contributed by atoms with van der Waals surface area (Å²) in [5.41, 5.74) is 0.379. The van der Waals surface area contributed by atoms with Crippen LogP contribution in [0.4, 0.5) is 13.2 Å². The Hall–Kier alpha value is -2.38. The first-order chi connectivity index (χ1) is 10.2. The van der Waals surface area contributed by atoms with E-state index in [9.17, 15) is 22.8 Å². The molecular formula is C14H14F3N3O2. The van der Waals surface area contributed by atoms with Crippen molar-refractivity contribution in [3.63, 3.8) is 0 Å². The number of aliphatic imine (C=N–C) groups is 1. The van der Waals surface area contributed by atoms with Crippen LogP contribution in [0.5, 0.6) is 0 Å². The molecule has 0 spiro atoms. The third kappa shape index (κ3) is 2.44. The van der Waals surface area contributed by atoms with Crippen molar-refractivity contribution >= 4 is 17.6 Å². The van der Waals surface area contributed by atoms with Gasteiger partial charge in [-0.2, -0.15) is 13.2 Å². The molecule has 0 N–H and O–H groups in total. The maximum absolute atomic E-state index is 12.9. The van der Waals surface area contributed by atoms with Gasteiger partial charge >= 0.3 is 6.18 Å². The molecule has 1 unspecified atom stereocenters. The minimum Gasteiger partial charge on any atom is -0.335 e. The van der Waals surface area contributed by atoms with Gasteiger partial charge in [-0.15, -0.1) is 0 Å². The second-order valence-electron chi connectivity index (χ2n) is 4.81. The number of halogens is 3. The Kier molecular flexibility index (Phi) is 3.95. The van der Waals surface area contributed by atoms with Gasteiger partial charge in [0.25, 0.3) is 11.8 Å². The Balaban J connectivity index is 2.34. The SMILES string of the molecule is C/N=C(\N(C)C(C)N1C(=O)c2ccccc2C1=O)C(F)(F)F. The fraction of sp³-hybridized carbons (Fsp3) is 0.357. The molecule has 22 heavy (non-hydrogen) atoms. The Morgan fingerprint density at radius 1 is 1.18 bits per heavy atom. The van der Waals surface area contributed by atoms with Crippen LogP contribution in [0, 0.1) is 0 Å². The number of imide groups is 1. The minimum absolute atomic E-state index is 0.190. The molecule has 0 saturated carbocycles. The van der Waals surface area contributed by atoms with Gasteiger partial charge in [0.1, 0.15) is 6.17 Å². The second kappa shape index (κ2) is 5.43. The molecule has 118 valence electrons. The highest BCUT2D eigenvalue weighted by Crippen LogP contribution is 2.27. The van der Waals surface area contributed by atoms with E-state index in [1.807, 2.05) is 0 Å². The molecule has 0 aliphatic carbocycles. The predicted molar refractivity (Wildman–Crippen MR) is 73.6 cm³/mol. The van der Waals surface area contributed by atoms with Gasteiger partial charge in [0, 0.05) is 14.1 Å². The van der Waals surface area contributed by atoms with E-state index in [0.29, 0.717) is 0 Å². The maximum atomic E-state index is 12.9. The van der Waals surface area contributed by atoms with Gasteiger partial charge in [-0.05, 0) is 19.1 Å². The van der Waals surface area contributed by atoms with Crippen molar-refractivity contribution in [3.05, 3.63) is 35.4 Å². The highest BCUT2D eigenvalue weighted by atomic mass is 19.4. The van der Waals surface area contributed by atoms with Crippen molar-refractivity contribution in [1.82, 2.24) is 9.80 Å². The lowest BCUT2D eigenvalue weighted by Gasteiger charge is -2.33. The molecule has 0 bridgehead atoms. The number of carbonyl (C=O) groups excluding carboxylic acids is 2. The van der Waals surface area contributed by atoms with E-state index in [4.69, 9.17) is 0 Å². The number of rotatable bonds is 2. The van der Waals surface area contributed by atoms with Crippen LogP contribution in [0.3, 0.4) is 0 Å². The summed E-state index contributed by atoms with van der Waals surface area (Å²) in [4.78, 5) is 29.3. The minimum atomic E-state index is -4.67. The number of alkyl halides is 3. The highest BCUT2D eigenvalue weighted by Gasteiger charge is 2.45. The summed E-state index contributed by atoms with van der Waals surface area (Å²) in [5.74, 6) is -2.38. The van der Waals surface area contributed by atoms with Crippen molar-refractivity contribution in [2.24, 2.45) is 4.99 Å². The summed E-state index contributed by atoms with van der Waals surface area (Å²) >= 11 is 0. The fourth-order valence-corrected chi connectivity index (χ4v) is 2.38. The average molecular weight is 313 g/mol. The molecule has 1 aromatic rings. The first kappa shape index (κ1) is 16.0. The van der Waals surface area contributed by atoms with Crippen LogP contribution < -0.4 is 0 Å². The lowest BCUT2D eigenvalue weighted by Crippen LogP contribution is -2.53. The molecule has 1 aliphatic heterocycles. The Labute approximate surface area is 125 Å². The Morgan fingerprint density at radius 2 is 1.64 bits per heavy atom. The summed E-state index contributed by atoms with van der Waals surface area (Å²) < 4.78 is 38.7. The van der Waals surface area contributed by atoms with E-state index in [0.717, 1.165) is 23.9 Å². The van der Waals surface area contributed by atoms with E-state index in [-0.39, 0.29) is 11.1 Å². The van der Waals surface area contributed by atoms with Gasteiger partial charge < -0.3 is 4.90 Å². The van der Waals surface area contributed by atoms with E-state index in [2.05, 4.69) is 4.99 Å². The fourth-order valence-electron chi connectivity index (χ4n) is 2.38. The van der Waals surface area contributed by atoms with Crippen LogP contribution in [0.1, 0.15) is 27.6 Å². The van der Waals surface area contributed by atoms with Crippen LogP contribution in [-0.2, 0) is 0 Å². The zero-order chi connectivity index (χ0) is 16.7. The second-order valence-corrected chi connectivity index (χ2v) is 4.81. The number of benzene rings is 1. The summed E-state index contributed by atoms with van der Waals surface area (Å²) in [5, 5.41) is 0. The molecule has 1 heterocycles. The molecular weight excluding hydrogens is 299 g/mol. The summed E-state index contributed by atoms with van der Waals surface area (Å²) in [6.45, 7) is 1.35. The molecule has 0 radical (unpaired) electrons. The number of amides is 2. The Morgan fingerprint density at radius 3 is 2.00 bits per heavy atom. The quantitative estimate of drug-likeness (QED) is 0.477. The zero-order valence-electron chi connectivity index (χ0n) is 12.2. The summed E-state index contributed by atoms with van der Waals surface area (Å²) in [6.07, 6.45) is -5.79. The van der Waals surface area contributed by atoms with Gasteiger partial charge in [0.05, 0.1) is 11.1 Å². The number of hydrogen-bond acceptors (Lipinski definition) is 3. The number of nitrogens with zero attached hydrogens (tertiary/aromatic N) is 3. The zero-order valence-corrected chi connectivity index (χ0v) is 12.2. The monoisotopic (exact) mass is 313 g/mol. The van der Waals surface area contributed by atoms with E-state index >= 15 is 0 Å². The van der Waals surface area contributed by atoms with E-state index < -0.39 is 30.0 Å². The van der Waals surface area contributed by atoms with Crippen molar-refractivity contribution in [1.29, 1.82) is 0 Å². The molecule has 2 amide bonds. The molecule has 0 fully saturated rings. The molecule has 8 heteroatoms. The maximum Gasteiger partial charge on any atom is 0.449 e. The molecule has 2 rings (SSSR count). The van der Waals surface area contributed by atoms with Crippen molar-refractivity contribution < 1.29 is 22.8 Å². The molecule has 5 nitrogen and oxygen atoms in total. The lowest BCUT2D eigenvalue weighted by molar-refractivity contribution is -0.0717. The number of amidine groups is 1. The highest BCUT2D eigenvalue weighted by molar-refractivity contribution is 6.21. The largest absolute Gasteiger partial charge is 0.449 e. The summed E-state index contributed by atoms with van der Waals surface area (Å²) in [6, 6.07) is 6.13. The smallest absolute Gasteiger partial charge is 0.335 e. The number of fused-ring (bicyclic) bond motifs is 1. The van der Waals surface area contributed by atoms with Crippen LogP contribution in [0.2, 0.25) is 0 Å². The van der Waals surface area contributed by atoms with Crippen LogP contribution in [-0.4, -0.2) is 53.9 Å². The first-order valence-corrected chi connectivity index (χ1v) is 6.44. The van der Waals surface area contributed by atoms with Gasteiger partial charge in [0.15, 0.2) is 0 Å². The van der Waals surface area contributed by atoms with Crippen LogP contribution >= 0.6 is 0 Å². The molecule has 1 aromatic carbocycles. The first-order valence-electron chi connectivity index (χ1n) is 6.44. The predicted octanol–water partition coefficient (Wildman–Crippen LogP) is 2.15. The molecule has 0 saturated heterocycles. The van der Waals surface area contributed by atoms with Crippen molar-refractivity contribution in [3.8, 4) is 0 Å². The normalized spacial score (nSPS) is 16.8. The molecule has 1 atom stereocenters.